The zero-order chi connectivity index (χ0) is 35.5. The number of carbonyl (C=O) groups excluding carboxylic acids is 2. The number of carbonyl (C=O) groups is 3. The highest BCUT2D eigenvalue weighted by Gasteiger charge is 2.25. The number of Topliss-reactive ketones (excluding diaryl/α,β-unsaturated/α-hetero) is 1. The molecule has 0 saturated carbocycles. The third kappa shape index (κ3) is 30.7. The molecule has 0 aromatic rings. The van der Waals surface area contributed by atoms with Gasteiger partial charge in [-0.1, -0.05) is 169 Å². The van der Waals surface area contributed by atoms with Gasteiger partial charge in [0.1, 0.15) is 5.78 Å². The number of ketones is 1. The maximum atomic E-state index is 13.6. The largest absolute Gasteiger partial charge is 0.481 e. The fourth-order valence-electron chi connectivity index (χ4n) is 7.12. The Morgan fingerprint density at radius 3 is 1.38 bits per heavy atom. The number of carboxylic acids is 1. The number of esters is 1. The monoisotopic (exact) mass is 679 g/mol. The normalized spacial score (nSPS) is 13.3. The van der Waals surface area contributed by atoms with Crippen LogP contribution < -0.4 is 0 Å². The number of rotatable bonds is 38. The van der Waals surface area contributed by atoms with Crippen LogP contribution in [0.4, 0.5) is 0 Å². The smallest absolute Gasteiger partial charge is 0.308 e. The predicted molar refractivity (Wildman–Crippen MR) is 205 cm³/mol. The molecule has 0 saturated heterocycles. The van der Waals surface area contributed by atoms with Crippen molar-refractivity contribution in [2.24, 2.45) is 17.8 Å². The molecule has 0 aromatic carbocycles. The van der Waals surface area contributed by atoms with Crippen molar-refractivity contribution in [2.45, 2.75) is 233 Å². The van der Waals surface area contributed by atoms with Crippen LogP contribution in [0.15, 0.2) is 0 Å². The maximum Gasteiger partial charge on any atom is 0.308 e. The van der Waals surface area contributed by atoms with Gasteiger partial charge in [0.15, 0.2) is 0 Å². The molecular weight excluding hydrogens is 596 g/mol. The first-order valence-corrected chi connectivity index (χ1v) is 21.3. The topological polar surface area (TPSA) is 80.7 Å². The summed E-state index contributed by atoms with van der Waals surface area (Å²) in [6.07, 6.45) is 35.0. The molecule has 3 atom stereocenters. The minimum atomic E-state index is -0.709. The van der Waals surface area contributed by atoms with Crippen LogP contribution in [0.3, 0.4) is 0 Å². The lowest BCUT2D eigenvalue weighted by molar-refractivity contribution is -0.151. The van der Waals surface area contributed by atoms with Gasteiger partial charge in [-0.3, -0.25) is 14.4 Å². The van der Waals surface area contributed by atoms with Crippen molar-refractivity contribution in [3.8, 4) is 0 Å². The van der Waals surface area contributed by atoms with Crippen LogP contribution in [0, 0.1) is 17.8 Å². The Morgan fingerprint density at radius 2 is 0.854 bits per heavy atom. The van der Waals surface area contributed by atoms with Crippen LogP contribution in [-0.4, -0.2) is 29.4 Å². The molecule has 0 aliphatic carbocycles. The van der Waals surface area contributed by atoms with Gasteiger partial charge < -0.3 is 9.84 Å². The number of ether oxygens (including phenoxy) is 1. The van der Waals surface area contributed by atoms with Crippen molar-refractivity contribution in [1.29, 1.82) is 0 Å². The van der Waals surface area contributed by atoms with Gasteiger partial charge in [0, 0.05) is 19.3 Å². The average molecular weight is 679 g/mol. The summed E-state index contributed by atoms with van der Waals surface area (Å²) in [7, 11) is 0. The Morgan fingerprint density at radius 1 is 0.458 bits per heavy atom. The molecule has 1 N–H and O–H groups in total. The molecule has 0 radical (unpaired) electrons. The molecule has 0 bridgehead atoms. The van der Waals surface area contributed by atoms with E-state index in [9.17, 15) is 14.4 Å². The van der Waals surface area contributed by atoms with E-state index in [-0.39, 0.29) is 18.3 Å². The first-order chi connectivity index (χ1) is 23.4. The Balaban J connectivity index is 4.73. The summed E-state index contributed by atoms with van der Waals surface area (Å²) < 4.78 is 6.17. The van der Waals surface area contributed by atoms with E-state index in [1.54, 1.807) is 0 Å². The van der Waals surface area contributed by atoms with Gasteiger partial charge >= 0.3 is 11.9 Å². The molecule has 0 spiro atoms. The Hall–Kier alpha value is -1.39. The lowest BCUT2D eigenvalue weighted by atomic mass is 9.84. The van der Waals surface area contributed by atoms with Gasteiger partial charge in [-0.05, 0) is 56.8 Å². The number of unbranched alkanes of at least 4 members (excludes halogenated alkanes) is 17. The van der Waals surface area contributed by atoms with Crippen molar-refractivity contribution in [2.75, 3.05) is 6.61 Å². The zero-order valence-electron chi connectivity index (χ0n) is 32.6. The van der Waals surface area contributed by atoms with E-state index >= 15 is 0 Å². The zero-order valence-corrected chi connectivity index (χ0v) is 32.6. The van der Waals surface area contributed by atoms with E-state index < -0.39 is 5.97 Å². The summed E-state index contributed by atoms with van der Waals surface area (Å²) in [5.74, 6) is 0.929. The highest BCUT2D eigenvalue weighted by atomic mass is 16.5. The second-order valence-corrected chi connectivity index (χ2v) is 15.1. The van der Waals surface area contributed by atoms with Gasteiger partial charge in [-0.25, -0.2) is 0 Å². The summed E-state index contributed by atoms with van der Waals surface area (Å²) >= 11 is 0. The summed E-state index contributed by atoms with van der Waals surface area (Å²) in [5, 5.41) is 8.71. The van der Waals surface area contributed by atoms with Crippen LogP contribution in [0.2, 0.25) is 0 Å². The van der Waals surface area contributed by atoms with Crippen LogP contribution in [0.25, 0.3) is 0 Å². The minimum absolute atomic E-state index is 0.0312. The molecule has 48 heavy (non-hydrogen) atoms. The molecule has 0 amide bonds. The molecular formula is C43H82O5. The van der Waals surface area contributed by atoms with Crippen LogP contribution in [-0.2, 0) is 19.1 Å². The summed E-state index contributed by atoms with van der Waals surface area (Å²) in [6.45, 7) is 9.68. The van der Waals surface area contributed by atoms with E-state index in [1.807, 2.05) is 0 Å². The van der Waals surface area contributed by atoms with Crippen molar-refractivity contribution in [3.63, 3.8) is 0 Å². The standard InChI is InChI=1S/C43H82O5/c1-5-9-13-22-30-38(28-11-7-3)36-40(43(47)48-37-39(29-12-8-4)31-23-14-10-6-2)32-24-18-17-20-26-34-41(44)33-25-19-15-16-21-27-35-42(45)46/h38-40H,5-37H2,1-4H3,(H,45,46). The minimum Gasteiger partial charge on any atom is -0.481 e. The molecule has 5 heteroatoms. The molecule has 0 fully saturated rings. The van der Waals surface area contributed by atoms with Gasteiger partial charge in [0.25, 0.3) is 0 Å². The maximum absolute atomic E-state index is 13.6. The van der Waals surface area contributed by atoms with Crippen LogP contribution in [0.5, 0.6) is 0 Å². The van der Waals surface area contributed by atoms with Gasteiger partial charge in [-0.15, -0.1) is 0 Å². The Kier molecular flexibility index (Phi) is 34.4. The van der Waals surface area contributed by atoms with Gasteiger partial charge in [0.05, 0.1) is 12.5 Å². The summed E-state index contributed by atoms with van der Waals surface area (Å²) in [4.78, 5) is 36.6. The average Bonchev–Trinajstić information content (AvgIpc) is 3.07. The first kappa shape index (κ1) is 46.6. The molecule has 0 heterocycles. The molecule has 284 valence electrons. The van der Waals surface area contributed by atoms with Crippen molar-refractivity contribution < 1.29 is 24.2 Å². The van der Waals surface area contributed by atoms with E-state index in [2.05, 4.69) is 27.7 Å². The molecule has 0 aromatic heterocycles. The second kappa shape index (κ2) is 35.4. The van der Waals surface area contributed by atoms with Crippen molar-refractivity contribution in [3.05, 3.63) is 0 Å². The molecule has 0 rings (SSSR count). The fourth-order valence-corrected chi connectivity index (χ4v) is 7.12. The van der Waals surface area contributed by atoms with Crippen LogP contribution in [0.1, 0.15) is 233 Å². The molecule has 0 aliphatic heterocycles. The van der Waals surface area contributed by atoms with E-state index in [1.165, 1.54) is 103 Å². The highest BCUT2D eigenvalue weighted by molar-refractivity contribution is 5.78. The first-order valence-electron chi connectivity index (χ1n) is 21.3. The third-order valence-corrected chi connectivity index (χ3v) is 10.4. The highest BCUT2D eigenvalue weighted by Crippen LogP contribution is 2.29. The van der Waals surface area contributed by atoms with Crippen LogP contribution >= 0.6 is 0 Å². The Bertz CT molecular complexity index is 735. The van der Waals surface area contributed by atoms with E-state index in [0.717, 1.165) is 83.5 Å². The lowest BCUT2D eigenvalue weighted by Crippen LogP contribution is -2.24. The number of aliphatic carboxylic acids is 1. The number of hydrogen-bond acceptors (Lipinski definition) is 4. The summed E-state index contributed by atoms with van der Waals surface area (Å²) in [6, 6.07) is 0. The summed E-state index contributed by atoms with van der Waals surface area (Å²) in [5.41, 5.74) is 0. The van der Waals surface area contributed by atoms with Crippen molar-refractivity contribution >= 4 is 17.7 Å². The second-order valence-electron chi connectivity index (χ2n) is 15.1. The molecule has 3 unspecified atom stereocenters. The number of hydrogen-bond donors (Lipinski definition) is 1. The SMILES string of the molecule is CCCCCCC(CCCC)COC(=O)C(CCCCCCCC(=O)CCCCCCCCC(=O)O)CC(CCCC)CCCCCC. The van der Waals surface area contributed by atoms with Gasteiger partial charge in [-0.2, -0.15) is 0 Å². The lowest BCUT2D eigenvalue weighted by Gasteiger charge is -2.24. The van der Waals surface area contributed by atoms with E-state index in [0.29, 0.717) is 37.1 Å². The Labute approximate surface area is 298 Å². The fraction of sp³-hybridized carbons (Fsp3) is 0.930. The molecule has 0 aliphatic rings. The third-order valence-electron chi connectivity index (χ3n) is 10.4. The molecule has 5 nitrogen and oxygen atoms in total. The number of carboxylic acid groups (broad SMARTS) is 1. The van der Waals surface area contributed by atoms with Crippen molar-refractivity contribution in [1.82, 2.24) is 0 Å². The predicted octanol–water partition coefficient (Wildman–Crippen LogP) is 13.6. The van der Waals surface area contributed by atoms with E-state index in [4.69, 9.17) is 9.84 Å². The quantitative estimate of drug-likeness (QED) is 0.0519. The van der Waals surface area contributed by atoms with Gasteiger partial charge in [0.2, 0.25) is 0 Å².